The number of sulfone groups is 1. The minimum Gasteiger partial charge on any atom is -0.390 e. The largest absolute Gasteiger partial charge is 0.390 e. The van der Waals surface area contributed by atoms with Crippen LogP contribution in [0.25, 0.3) is 0 Å². The average molecular weight is 255 g/mol. The molecule has 0 aliphatic carbocycles. The van der Waals surface area contributed by atoms with Crippen molar-refractivity contribution in [1.82, 2.24) is 5.32 Å². The first-order chi connectivity index (χ1) is 8.09. The predicted molar refractivity (Wildman–Crippen MR) is 65.5 cm³/mol. The van der Waals surface area contributed by atoms with Crippen molar-refractivity contribution in [1.29, 1.82) is 0 Å². The van der Waals surface area contributed by atoms with Crippen LogP contribution in [0, 0.1) is 0 Å². The Labute approximate surface area is 102 Å². The van der Waals surface area contributed by atoms with Gasteiger partial charge in [-0.3, -0.25) is 0 Å². The van der Waals surface area contributed by atoms with Crippen LogP contribution in [0.2, 0.25) is 0 Å². The maximum Gasteiger partial charge on any atom is 0.180 e. The van der Waals surface area contributed by atoms with Gasteiger partial charge in [0, 0.05) is 6.04 Å². The molecule has 1 fully saturated rings. The first kappa shape index (κ1) is 12.5. The van der Waals surface area contributed by atoms with Crippen LogP contribution < -0.4 is 5.32 Å². The van der Waals surface area contributed by atoms with E-state index in [4.69, 9.17) is 0 Å². The first-order valence-electron chi connectivity index (χ1n) is 5.79. The SMILES string of the molecule is O=S(=O)(C[C@@H](O)C1CCCN1)c1ccccc1. The van der Waals surface area contributed by atoms with Crippen LogP contribution in [-0.2, 0) is 9.84 Å². The van der Waals surface area contributed by atoms with E-state index in [1.54, 1.807) is 30.3 Å². The van der Waals surface area contributed by atoms with Crippen LogP contribution in [0.5, 0.6) is 0 Å². The second-order valence-corrected chi connectivity index (χ2v) is 6.40. The van der Waals surface area contributed by atoms with Crippen LogP contribution in [0.15, 0.2) is 35.2 Å². The molecule has 0 radical (unpaired) electrons. The molecule has 5 heteroatoms. The van der Waals surface area contributed by atoms with Gasteiger partial charge in [0.05, 0.1) is 16.8 Å². The molecule has 0 amide bonds. The van der Waals surface area contributed by atoms with Gasteiger partial charge >= 0.3 is 0 Å². The van der Waals surface area contributed by atoms with Gasteiger partial charge in [0.1, 0.15) is 0 Å². The minimum atomic E-state index is -3.39. The van der Waals surface area contributed by atoms with Gasteiger partial charge in [-0.05, 0) is 31.5 Å². The normalized spacial score (nSPS) is 22.5. The molecular formula is C12H17NO3S. The number of hydrogen-bond acceptors (Lipinski definition) is 4. The van der Waals surface area contributed by atoms with Gasteiger partial charge in [-0.15, -0.1) is 0 Å². The van der Waals surface area contributed by atoms with E-state index in [2.05, 4.69) is 5.32 Å². The molecule has 2 atom stereocenters. The number of aliphatic hydroxyl groups excluding tert-OH is 1. The van der Waals surface area contributed by atoms with Crippen molar-refractivity contribution in [2.24, 2.45) is 0 Å². The van der Waals surface area contributed by atoms with Crippen LogP contribution >= 0.6 is 0 Å². The van der Waals surface area contributed by atoms with E-state index in [0.29, 0.717) is 0 Å². The lowest BCUT2D eigenvalue weighted by Crippen LogP contribution is -2.39. The van der Waals surface area contributed by atoms with E-state index in [-0.39, 0.29) is 16.7 Å². The van der Waals surface area contributed by atoms with Crippen molar-refractivity contribution < 1.29 is 13.5 Å². The minimum absolute atomic E-state index is 0.0894. The number of hydrogen-bond donors (Lipinski definition) is 2. The molecule has 4 nitrogen and oxygen atoms in total. The summed E-state index contributed by atoms with van der Waals surface area (Å²) in [4.78, 5) is 0.275. The molecule has 0 aromatic heterocycles. The zero-order chi connectivity index (χ0) is 12.3. The molecule has 1 aromatic rings. The molecule has 17 heavy (non-hydrogen) atoms. The summed E-state index contributed by atoms with van der Waals surface area (Å²) in [6, 6.07) is 8.18. The molecule has 2 rings (SSSR count). The van der Waals surface area contributed by atoms with E-state index in [1.807, 2.05) is 0 Å². The zero-order valence-electron chi connectivity index (χ0n) is 9.54. The molecule has 2 N–H and O–H groups in total. The van der Waals surface area contributed by atoms with E-state index >= 15 is 0 Å². The Bertz CT molecular complexity index is 452. The van der Waals surface area contributed by atoms with Gasteiger partial charge in [0.25, 0.3) is 0 Å². The predicted octanol–water partition coefficient (Wildman–Crippen LogP) is 0.573. The Kier molecular flexibility index (Phi) is 3.81. The van der Waals surface area contributed by atoms with Crippen LogP contribution in [0.1, 0.15) is 12.8 Å². The van der Waals surface area contributed by atoms with Crippen molar-refractivity contribution in [3.05, 3.63) is 30.3 Å². The van der Waals surface area contributed by atoms with Crippen LogP contribution in [0.4, 0.5) is 0 Å². The highest BCUT2D eigenvalue weighted by Crippen LogP contribution is 2.16. The van der Waals surface area contributed by atoms with Crippen LogP contribution in [0.3, 0.4) is 0 Å². The molecule has 1 aliphatic heterocycles. The van der Waals surface area contributed by atoms with E-state index in [0.717, 1.165) is 19.4 Å². The molecule has 0 saturated carbocycles. The Morgan fingerprint density at radius 1 is 1.35 bits per heavy atom. The lowest BCUT2D eigenvalue weighted by atomic mass is 10.1. The number of benzene rings is 1. The summed E-state index contributed by atoms with van der Waals surface area (Å²) in [6.45, 7) is 0.854. The fraction of sp³-hybridized carbons (Fsp3) is 0.500. The highest BCUT2D eigenvalue weighted by atomic mass is 32.2. The third kappa shape index (κ3) is 3.06. The van der Waals surface area contributed by atoms with Crippen molar-refractivity contribution in [3.8, 4) is 0 Å². The van der Waals surface area contributed by atoms with Crippen LogP contribution in [-0.4, -0.2) is 38.0 Å². The lowest BCUT2D eigenvalue weighted by Gasteiger charge is -2.18. The average Bonchev–Trinajstić information content (AvgIpc) is 2.83. The van der Waals surface area contributed by atoms with Crippen molar-refractivity contribution in [3.63, 3.8) is 0 Å². The molecule has 1 saturated heterocycles. The van der Waals surface area contributed by atoms with E-state index < -0.39 is 15.9 Å². The number of aliphatic hydroxyl groups is 1. The molecule has 1 aromatic carbocycles. The van der Waals surface area contributed by atoms with Crippen molar-refractivity contribution in [2.75, 3.05) is 12.3 Å². The zero-order valence-corrected chi connectivity index (χ0v) is 10.4. The summed E-state index contributed by atoms with van der Waals surface area (Å²) in [5.74, 6) is -0.214. The third-order valence-electron chi connectivity index (χ3n) is 3.06. The molecule has 0 spiro atoms. The monoisotopic (exact) mass is 255 g/mol. The molecule has 94 valence electrons. The highest BCUT2D eigenvalue weighted by molar-refractivity contribution is 7.91. The Morgan fingerprint density at radius 2 is 2.06 bits per heavy atom. The fourth-order valence-electron chi connectivity index (χ4n) is 2.10. The molecule has 0 bridgehead atoms. The summed E-state index contributed by atoms with van der Waals surface area (Å²) >= 11 is 0. The van der Waals surface area contributed by atoms with Gasteiger partial charge in [-0.25, -0.2) is 8.42 Å². The Balaban J connectivity index is 2.07. The van der Waals surface area contributed by atoms with Gasteiger partial charge in [0.2, 0.25) is 0 Å². The Morgan fingerprint density at radius 3 is 2.65 bits per heavy atom. The summed E-state index contributed by atoms with van der Waals surface area (Å²) in [7, 11) is -3.39. The number of nitrogens with one attached hydrogen (secondary N) is 1. The van der Waals surface area contributed by atoms with E-state index in [1.165, 1.54) is 0 Å². The molecular weight excluding hydrogens is 238 g/mol. The first-order valence-corrected chi connectivity index (χ1v) is 7.44. The van der Waals surface area contributed by atoms with Gasteiger partial charge in [0.15, 0.2) is 9.84 Å². The lowest BCUT2D eigenvalue weighted by molar-refractivity contribution is 0.157. The van der Waals surface area contributed by atoms with Crippen molar-refractivity contribution >= 4 is 9.84 Å². The van der Waals surface area contributed by atoms with Gasteiger partial charge in [-0.2, -0.15) is 0 Å². The summed E-state index contributed by atoms with van der Waals surface area (Å²) < 4.78 is 24.0. The highest BCUT2D eigenvalue weighted by Gasteiger charge is 2.28. The number of rotatable bonds is 4. The van der Waals surface area contributed by atoms with Gasteiger partial charge < -0.3 is 10.4 Å². The summed E-state index contributed by atoms with van der Waals surface area (Å²) in [5.41, 5.74) is 0. The smallest absolute Gasteiger partial charge is 0.180 e. The molecule has 1 heterocycles. The van der Waals surface area contributed by atoms with Gasteiger partial charge in [-0.1, -0.05) is 18.2 Å². The second kappa shape index (κ2) is 5.16. The molecule has 1 aliphatic rings. The molecule has 1 unspecified atom stereocenters. The quantitative estimate of drug-likeness (QED) is 0.825. The fourth-order valence-corrected chi connectivity index (χ4v) is 3.55. The second-order valence-electron chi connectivity index (χ2n) is 4.36. The maximum atomic E-state index is 12.0. The third-order valence-corrected chi connectivity index (χ3v) is 4.83. The summed E-state index contributed by atoms with van der Waals surface area (Å²) in [6.07, 6.45) is 1.00. The maximum absolute atomic E-state index is 12.0. The van der Waals surface area contributed by atoms with E-state index in [9.17, 15) is 13.5 Å². The Hall–Kier alpha value is -0.910. The van der Waals surface area contributed by atoms with Crippen molar-refractivity contribution in [2.45, 2.75) is 29.9 Å². The standard InChI is InChI=1S/C12H17NO3S/c14-12(11-7-4-8-13-11)9-17(15,16)10-5-2-1-3-6-10/h1-3,5-6,11-14H,4,7-9H2/t11?,12-/m1/s1. The topological polar surface area (TPSA) is 66.4 Å². The summed E-state index contributed by atoms with van der Waals surface area (Å²) in [5, 5.41) is 13.0.